The minimum atomic E-state index is -0.299. The number of hydrogen-bond acceptors (Lipinski definition) is 4. The Morgan fingerprint density at radius 1 is 1.27 bits per heavy atom. The van der Waals surface area contributed by atoms with Crippen LogP contribution in [0.5, 0.6) is 0 Å². The van der Waals surface area contributed by atoms with Crippen LogP contribution in [0.3, 0.4) is 0 Å². The number of β-amino-alcohol motifs (C(OH)–C–C–N with tert-alkyl or cyclic N) is 1. The van der Waals surface area contributed by atoms with Crippen LogP contribution in [0.1, 0.15) is 25.7 Å². The van der Waals surface area contributed by atoms with Crippen LogP contribution >= 0.6 is 0 Å². The topological polar surface area (TPSA) is 55.7 Å². The summed E-state index contributed by atoms with van der Waals surface area (Å²) in [4.78, 5) is 2.31. The molecule has 0 aromatic rings. The molecule has 0 aromatic heterocycles. The zero-order valence-electron chi connectivity index (χ0n) is 9.28. The second-order valence-corrected chi connectivity index (χ2v) is 4.98. The Morgan fingerprint density at radius 3 is 2.47 bits per heavy atom. The van der Waals surface area contributed by atoms with Gasteiger partial charge in [0, 0.05) is 18.6 Å². The van der Waals surface area contributed by atoms with E-state index in [0.717, 1.165) is 32.5 Å². The van der Waals surface area contributed by atoms with Crippen molar-refractivity contribution in [3.05, 3.63) is 0 Å². The zero-order chi connectivity index (χ0) is 10.7. The lowest BCUT2D eigenvalue weighted by molar-refractivity contribution is 0.113. The number of likely N-dealkylation sites (tertiary alicyclic amines) is 1. The lowest BCUT2D eigenvalue weighted by Crippen LogP contribution is -2.43. The van der Waals surface area contributed by atoms with Crippen LogP contribution in [0.2, 0.25) is 0 Å². The number of nitrogens with one attached hydrogen (secondary N) is 1. The molecule has 1 heterocycles. The predicted molar refractivity (Wildman–Crippen MR) is 58.7 cm³/mol. The van der Waals surface area contributed by atoms with E-state index in [-0.39, 0.29) is 18.2 Å². The molecule has 2 aliphatic rings. The van der Waals surface area contributed by atoms with Crippen LogP contribution in [0.25, 0.3) is 0 Å². The van der Waals surface area contributed by atoms with Gasteiger partial charge in [-0.3, -0.25) is 0 Å². The van der Waals surface area contributed by atoms with Crippen molar-refractivity contribution >= 4 is 0 Å². The number of aliphatic hydroxyl groups is 2. The minimum Gasteiger partial charge on any atom is -0.394 e. The third kappa shape index (κ3) is 3.14. The molecular weight excluding hydrogens is 192 g/mol. The maximum absolute atomic E-state index is 9.81. The average molecular weight is 214 g/mol. The van der Waals surface area contributed by atoms with Gasteiger partial charge in [0.25, 0.3) is 0 Å². The molecule has 1 saturated carbocycles. The highest BCUT2D eigenvalue weighted by molar-refractivity contribution is 5.01. The molecule has 2 rings (SSSR count). The average Bonchev–Trinajstić information content (AvgIpc) is 2.86. The van der Waals surface area contributed by atoms with E-state index in [4.69, 9.17) is 5.11 Å². The van der Waals surface area contributed by atoms with Gasteiger partial charge in [0.1, 0.15) is 0 Å². The Hall–Kier alpha value is -0.160. The van der Waals surface area contributed by atoms with E-state index in [1.165, 1.54) is 12.8 Å². The van der Waals surface area contributed by atoms with Crippen LogP contribution in [-0.4, -0.2) is 59.5 Å². The molecule has 1 saturated heterocycles. The SMILES string of the molecule is OCC1(NCC(O)CN2CCCC2)CC1. The third-order valence-corrected chi connectivity index (χ3v) is 3.54. The van der Waals surface area contributed by atoms with Gasteiger partial charge in [-0.05, 0) is 38.8 Å². The third-order valence-electron chi connectivity index (χ3n) is 3.54. The summed E-state index contributed by atoms with van der Waals surface area (Å²) in [6, 6.07) is 0. The fourth-order valence-electron chi connectivity index (χ4n) is 2.20. The second kappa shape index (κ2) is 4.78. The van der Waals surface area contributed by atoms with Gasteiger partial charge < -0.3 is 20.4 Å². The fourth-order valence-corrected chi connectivity index (χ4v) is 2.20. The number of aliphatic hydroxyl groups excluding tert-OH is 2. The highest BCUT2D eigenvalue weighted by atomic mass is 16.3. The number of nitrogens with zero attached hydrogens (tertiary/aromatic N) is 1. The molecule has 1 aliphatic carbocycles. The Bertz CT molecular complexity index is 201. The summed E-state index contributed by atoms with van der Waals surface area (Å²) in [5, 5.41) is 22.2. The second-order valence-electron chi connectivity index (χ2n) is 4.98. The van der Waals surface area contributed by atoms with Gasteiger partial charge in [-0.15, -0.1) is 0 Å². The maximum atomic E-state index is 9.81. The molecule has 1 aliphatic heterocycles. The van der Waals surface area contributed by atoms with Crippen LogP contribution in [0.4, 0.5) is 0 Å². The van der Waals surface area contributed by atoms with Crippen molar-refractivity contribution in [2.24, 2.45) is 0 Å². The molecule has 3 N–H and O–H groups in total. The first-order chi connectivity index (χ1) is 7.24. The molecule has 1 unspecified atom stereocenters. The molecule has 0 spiro atoms. The van der Waals surface area contributed by atoms with E-state index in [0.29, 0.717) is 6.54 Å². The Kier molecular flexibility index (Phi) is 3.61. The molecule has 88 valence electrons. The van der Waals surface area contributed by atoms with E-state index in [9.17, 15) is 5.11 Å². The molecule has 4 nitrogen and oxygen atoms in total. The van der Waals surface area contributed by atoms with E-state index in [1.54, 1.807) is 0 Å². The molecule has 2 fully saturated rings. The summed E-state index contributed by atoms with van der Waals surface area (Å²) in [6.45, 7) is 3.83. The summed E-state index contributed by atoms with van der Waals surface area (Å²) < 4.78 is 0. The van der Waals surface area contributed by atoms with Crippen LogP contribution in [0, 0.1) is 0 Å². The van der Waals surface area contributed by atoms with E-state index < -0.39 is 0 Å². The normalized spacial score (nSPS) is 26.8. The molecule has 0 radical (unpaired) electrons. The lowest BCUT2D eigenvalue weighted by atomic mass is 10.2. The highest BCUT2D eigenvalue weighted by Gasteiger charge is 2.41. The quantitative estimate of drug-likeness (QED) is 0.561. The van der Waals surface area contributed by atoms with Crippen molar-refractivity contribution in [3.8, 4) is 0 Å². The van der Waals surface area contributed by atoms with Gasteiger partial charge >= 0.3 is 0 Å². The largest absolute Gasteiger partial charge is 0.394 e. The summed E-state index contributed by atoms with van der Waals surface area (Å²) in [6.07, 6.45) is 4.31. The van der Waals surface area contributed by atoms with Gasteiger partial charge in [0.2, 0.25) is 0 Å². The van der Waals surface area contributed by atoms with E-state index >= 15 is 0 Å². The van der Waals surface area contributed by atoms with Crippen molar-refractivity contribution in [2.75, 3.05) is 32.8 Å². The van der Waals surface area contributed by atoms with E-state index in [2.05, 4.69) is 10.2 Å². The first kappa shape index (κ1) is 11.3. The molecule has 0 bridgehead atoms. The standard InChI is InChI=1S/C11H22N2O2/c14-9-11(3-4-11)12-7-10(15)8-13-5-1-2-6-13/h10,12,14-15H,1-9H2. The van der Waals surface area contributed by atoms with Gasteiger partial charge in [0.05, 0.1) is 12.7 Å². The van der Waals surface area contributed by atoms with Crippen molar-refractivity contribution in [3.63, 3.8) is 0 Å². The zero-order valence-corrected chi connectivity index (χ0v) is 9.28. The van der Waals surface area contributed by atoms with Crippen molar-refractivity contribution < 1.29 is 10.2 Å². The fraction of sp³-hybridized carbons (Fsp3) is 1.00. The van der Waals surface area contributed by atoms with Crippen LogP contribution in [-0.2, 0) is 0 Å². The molecule has 15 heavy (non-hydrogen) atoms. The van der Waals surface area contributed by atoms with Gasteiger partial charge in [-0.2, -0.15) is 0 Å². The molecule has 1 atom stereocenters. The number of rotatable bonds is 6. The molecule has 0 amide bonds. The van der Waals surface area contributed by atoms with Crippen molar-refractivity contribution in [1.82, 2.24) is 10.2 Å². The van der Waals surface area contributed by atoms with Gasteiger partial charge in [-0.25, -0.2) is 0 Å². The molecule has 4 heteroatoms. The summed E-state index contributed by atoms with van der Waals surface area (Å²) >= 11 is 0. The van der Waals surface area contributed by atoms with Crippen LogP contribution < -0.4 is 5.32 Å². The lowest BCUT2D eigenvalue weighted by Gasteiger charge is -2.22. The number of hydrogen-bond donors (Lipinski definition) is 3. The summed E-state index contributed by atoms with van der Waals surface area (Å²) in [7, 11) is 0. The monoisotopic (exact) mass is 214 g/mol. The Labute approximate surface area is 91.3 Å². The Morgan fingerprint density at radius 2 is 1.93 bits per heavy atom. The minimum absolute atomic E-state index is 0.0496. The molecular formula is C11H22N2O2. The van der Waals surface area contributed by atoms with Crippen molar-refractivity contribution in [2.45, 2.75) is 37.3 Å². The Balaban J connectivity index is 1.61. The predicted octanol–water partition coefficient (Wildman–Crippen LogP) is -0.442. The smallest absolute Gasteiger partial charge is 0.0791 e. The highest BCUT2D eigenvalue weighted by Crippen LogP contribution is 2.34. The molecule has 0 aromatic carbocycles. The van der Waals surface area contributed by atoms with Gasteiger partial charge in [0.15, 0.2) is 0 Å². The summed E-state index contributed by atoms with van der Waals surface area (Å²) in [5.41, 5.74) is -0.0496. The van der Waals surface area contributed by atoms with Crippen LogP contribution in [0.15, 0.2) is 0 Å². The van der Waals surface area contributed by atoms with Gasteiger partial charge in [-0.1, -0.05) is 0 Å². The van der Waals surface area contributed by atoms with E-state index in [1.807, 2.05) is 0 Å². The first-order valence-corrected chi connectivity index (χ1v) is 6.00. The first-order valence-electron chi connectivity index (χ1n) is 6.00. The maximum Gasteiger partial charge on any atom is 0.0791 e. The van der Waals surface area contributed by atoms with Crippen molar-refractivity contribution in [1.29, 1.82) is 0 Å². The summed E-state index contributed by atoms with van der Waals surface area (Å²) in [5.74, 6) is 0.